The summed E-state index contributed by atoms with van der Waals surface area (Å²) in [7, 11) is 0. The van der Waals surface area contributed by atoms with Gasteiger partial charge in [-0.15, -0.1) is 0 Å². The maximum atomic E-state index is 14.3. The number of hydrogen-bond acceptors (Lipinski definition) is 4. The van der Waals surface area contributed by atoms with Crippen LogP contribution in [0.3, 0.4) is 0 Å². The molecule has 1 fully saturated rings. The van der Waals surface area contributed by atoms with Gasteiger partial charge in [-0.05, 0) is 44.0 Å². The lowest BCUT2D eigenvalue weighted by molar-refractivity contribution is -0.124. The molecule has 0 saturated carbocycles. The number of amides is 1. The summed E-state index contributed by atoms with van der Waals surface area (Å²) in [6.07, 6.45) is 11.9. The molecule has 4 N–H and O–H groups in total. The number of nitrogens with one attached hydrogen (secondary N) is 2. The van der Waals surface area contributed by atoms with Crippen LogP contribution in [0, 0.1) is 17.1 Å². The zero-order chi connectivity index (χ0) is 27.3. The Balaban J connectivity index is 0.000000697. The summed E-state index contributed by atoms with van der Waals surface area (Å²) in [5.74, 6) is -5.81. The zero-order valence-corrected chi connectivity index (χ0v) is 22.2. The molecule has 0 radical (unpaired) electrons. The van der Waals surface area contributed by atoms with Crippen LogP contribution in [-0.4, -0.2) is 23.4 Å². The highest BCUT2D eigenvalue weighted by atomic mass is 19.3. The van der Waals surface area contributed by atoms with E-state index in [1.807, 2.05) is 6.92 Å². The quantitative estimate of drug-likeness (QED) is 0.173. The lowest BCUT2D eigenvalue weighted by Crippen LogP contribution is -2.46. The summed E-state index contributed by atoms with van der Waals surface area (Å²) in [6.45, 7) is 8.63. The molecule has 1 saturated heterocycles. The number of hydrogen-bond donors (Lipinski definition) is 3. The second kappa shape index (κ2) is 15.3. The minimum absolute atomic E-state index is 0.0181. The summed E-state index contributed by atoms with van der Waals surface area (Å²) in [4.78, 5) is 16.1. The van der Waals surface area contributed by atoms with Gasteiger partial charge in [0.2, 0.25) is 5.91 Å². The molecule has 1 aliphatic heterocycles. The number of allylic oxidation sites excluding steroid dienone is 2. The Bertz CT molecular complexity index is 971. The fourth-order valence-electron chi connectivity index (χ4n) is 3.86. The second-order valence-corrected chi connectivity index (χ2v) is 9.09. The molecule has 36 heavy (non-hydrogen) atoms. The number of halogens is 3. The fraction of sp³-hybridized carbons (Fsp3) is 0.536. The van der Waals surface area contributed by atoms with Crippen LogP contribution in [0.25, 0.3) is 0 Å². The summed E-state index contributed by atoms with van der Waals surface area (Å²) in [5.41, 5.74) is 6.16. The van der Waals surface area contributed by atoms with Gasteiger partial charge in [0, 0.05) is 29.4 Å². The molecule has 0 aromatic heterocycles. The molecule has 0 aliphatic carbocycles. The number of nitrogens with two attached hydrogens (primary N) is 1. The molecule has 200 valence electrons. The average Bonchev–Trinajstić information content (AvgIpc) is 2.81. The summed E-state index contributed by atoms with van der Waals surface area (Å²) in [5, 5.41) is 11.0. The van der Waals surface area contributed by atoms with E-state index >= 15 is 0 Å². The van der Waals surface area contributed by atoms with Gasteiger partial charge in [-0.1, -0.05) is 65.4 Å². The Hall–Kier alpha value is -2.90. The van der Waals surface area contributed by atoms with Crippen molar-refractivity contribution in [1.82, 2.24) is 5.32 Å². The van der Waals surface area contributed by atoms with Gasteiger partial charge in [-0.2, -0.15) is 0 Å². The first-order chi connectivity index (χ1) is 17.0. The first kappa shape index (κ1) is 31.1. The average molecular weight is 507 g/mol. The summed E-state index contributed by atoms with van der Waals surface area (Å²) >= 11 is 0. The smallest absolute Gasteiger partial charge is 0.252 e. The summed E-state index contributed by atoms with van der Waals surface area (Å²) < 4.78 is 42.0. The normalized spacial score (nSPS) is 18.6. The van der Waals surface area contributed by atoms with Crippen LogP contribution in [0.15, 0.2) is 46.6 Å². The largest absolute Gasteiger partial charge is 0.398 e. The van der Waals surface area contributed by atoms with Crippen LogP contribution in [-0.2, 0) is 4.79 Å². The van der Waals surface area contributed by atoms with Crippen LogP contribution in [0.1, 0.15) is 91.5 Å². The van der Waals surface area contributed by atoms with E-state index in [1.54, 1.807) is 6.08 Å². The van der Waals surface area contributed by atoms with Crippen LogP contribution in [0.2, 0.25) is 0 Å². The lowest BCUT2D eigenvalue weighted by atomic mass is 9.81. The molecular formula is C28H41F3N4O. The van der Waals surface area contributed by atoms with Crippen molar-refractivity contribution in [3.63, 3.8) is 0 Å². The molecule has 2 rings (SSSR count). The number of amidine groups is 1. The van der Waals surface area contributed by atoms with Crippen molar-refractivity contribution < 1.29 is 18.0 Å². The number of benzene rings is 1. The van der Waals surface area contributed by atoms with E-state index in [-0.39, 0.29) is 33.9 Å². The summed E-state index contributed by atoms with van der Waals surface area (Å²) in [6, 6.07) is 3.53. The number of piperidine rings is 1. The Morgan fingerprint density at radius 2 is 1.81 bits per heavy atom. The highest BCUT2D eigenvalue weighted by Gasteiger charge is 2.44. The Kier molecular flexibility index (Phi) is 13.2. The maximum Gasteiger partial charge on any atom is 0.252 e. The van der Waals surface area contributed by atoms with Crippen LogP contribution in [0.5, 0.6) is 0 Å². The molecule has 1 amide bonds. The maximum absolute atomic E-state index is 14.3. The van der Waals surface area contributed by atoms with Gasteiger partial charge < -0.3 is 11.1 Å². The van der Waals surface area contributed by atoms with E-state index in [4.69, 9.17) is 11.1 Å². The van der Waals surface area contributed by atoms with Gasteiger partial charge in [0.25, 0.3) is 5.92 Å². The lowest BCUT2D eigenvalue weighted by Gasteiger charge is -2.32. The molecule has 0 bridgehead atoms. The van der Waals surface area contributed by atoms with Gasteiger partial charge >= 0.3 is 0 Å². The van der Waals surface area contributed by atoms with Gasteiger partial charge in [0.05, 0.1) is 11.6 Å². The molecule has 8 heteroatoms. The fourth-order valence-corrected chi connectivity index (χ4v) is 3.86. The van der Waals surface area contributed by atoms with E-state index in [0.717, 1.165) is 19.1 Å². The molecular weight excluding hydrogens is 465 g/mol. The van der Waals surface area contributed by atoms with Crippen molar-refractivity contribution in [2.45, 2.75) is 91.9 Å². The molecule has 1 aromatic carbocycles. The standard InChI is InChI=1S/C20H23F3N4O.C8H18/c1-4-5-8-26-19-17(14(20(3,22)23)10-16(28)27-19)11(2)18(25)13-7-6-12(21)9-15(13)24;1-3-5-7-8-6-4-2/h5-9,14,25H,4,10,24H2,1-3H3,(H,26,27,28);3-8H2,1-2H3/b8-5+,17-11+,25-18?;. The SMILES string of the molecule is CC/C=C/N=C1\NC(=O)CC(C(C)(F)F)\C1=C(\C)C(=N)c1ccc(F)cc1N.CCCCCCCC. The Morgan fingerprint density at radius 3 is 2.31 bits per heavy atom. The van der Waals surface area contributed by atoms with Crippen molar-refractivity contribution in [3.8, 4) is 0 Å². The van der Waals surface area contributed by atoms with Crippen LogP contribution in [0.4, 0.5) is 18.9 Å². The number of carbonyl (C=O) groups excluding carboxylic acids is 1. The minimum Gasteiger partial charge on any atom is -0.398 e. The van der Waals surface area contributed by atoms with Gasteiger partial charge in [-0.3, -0.25) is 10.2 Å². The third-order valence-electron chi connectivity index (χ3n) is 5.93. The van der Waals surface area contributed by atoms with Crippen molar-refractivity contribution in [1.29, 1.82) is 5.41 Å². The number of aliphatic imine (C=N–C) groups is 1. The molecule has 0 spiro atoms. The predicted molar refractivity (Wildman–Crippen MR) is 143 cm³/mol. The van der Waals surface area contributed by atoms with Gasteiger partial charge in [-0.25, -0.2) is 18.2 Å². The third kappa shape index (κ3) is 9.63. The molecule has 1 atom stereocenters. The van der Waals surface area contributed by atoms with E-state index in [2.05, 4.69) is 24.2 Å². The number of anilines is 1. The van der Waals surface area contributed by atoms with Crippen molar-refractivity contribution in [3.05, 3.63) is 53.0 Å². The molecule has 1 heterocycles. The molecule has 1 unspecified atom stereocenters. The van der Waals surface area contributed by atoms with E-state index in [1.165, 1.54) is 57.7 Å². The second-order valence-electron chi connectivity index (χ2n) is 9.09. The topological polar surface area (TPSA) is 91.3 Å². The van der Waals surface area contributed by atoms with Gasteiger partial charge in [0.15, 0.2) is 0 Å². The Morgan fingerprint density at radius 1 is 1.19 bits per heavy atom. The molecule has 5 nitrogen and oxygen atoms in total. The van der Waals surface area contributed by atoms with Crippen molar-refractivity contribution >= 4 is 23.1 Å². The number of nitrogen functional groups attached to an aromatic ring is 1. The molecule has 1 aliphatic rings. The van der Waals surface area contributed by atoms with Crippen LogP contribution >= 0.6 is 0 Å². The number of alkyl halides is 2. The van der Waals surface area contributed by atoms with E-state index in [9.17, 15) is 18.0 Å². The number of rotatable bonds is 10. The first-order valence-corrected chi connectivity index (χ1v) is 12.7. The number of nitrogens with zero attached hydrogens (tertiary/aromatic N) is 1. The zero-order valence-electron chi connectivity index (χ0n) is 22.2. The highest BCUT2D eigenvalue weighted by Crippen LogP contribution is 2.38. The Labute approximate surface area is 213 Å². The van der Waals surface area contributed by atoms with E-state index < -0.39 is 30.0 Å². The van der Waals surface area contributed by atoms with Crippen molar-refractivity contribution in [2.75, 3.05) is 5.73 Å². The highest BCUT2D eigenvalue weighted by molar-refractivity contribution is 6.20. The number of unbranched alkanes of at least 4 members (excludes halogenated alkanes) is 5. The van der Waals surface area contributed by atoms with E-state index in [0.29, 0.717) is 6.42 Å². The monoisotopic (exact) mass is 506 g/mol. The minimum atomic E-state index is -3.21. The predicted octanol–water partition coefficient (Wildman–Crippen LogP) is 7.57. The van der Waals surface area contributed by atoms with Crippen LogP contribution < -0.4 is 11.1 Å². The molecule has 1 aromatic rings. The van der Waals surface area contributed by atoms with Gasteiger partial charge in [0.1, 0.15) is 11.7 Å². The van der Waals surface area contributed by atoms with Crippen molar-refractivity contribution in [2.24, 2.45) is 10.9 Å². The number of carbonyl (C=O) groups is 1. The third-order valence-corrected chi connectivity index (χ3v) is 5.93. The first-order valence-electron chi connectivity index (χ1n) is 12.7.